The summed E-state index contributed by atoms with van der Waals surface area (Å²) in [4.78, 5) is -0.308. The normalized spacial score (nSPS) is 17.3. The third-order valence-corrected chi connectivity index (χ3v) is 5.12. The molecule has 4 nitrogen and oxygen atoms in total. The minimum atomic E-state index is -4.56. The molecule has 0 amide bonds. The first-order valence-electron chi connectivity index (χ1n) is 6.11. The molecular formula is C12H16ClF3N2O2S. The van der Waals surface area contributed by atoms with Gasteiger partial charge in [0.15, 0.2) is 0 Å². The lowest BCUT2D eigenvalue weighted by Gasteiger charge is -2.27. The first kappa shape index (κ1) is 18.2. The minimum absolute atomic E-state index is 0. The summed E-state index contributed by atoms with van der Waals surface area (Å²) in [5.74, 6) is 0. The molecule has 0 bridgehead atoms. The first-order chi connectivity index (χ1) is 9.23. The fourth-order valence-corrected chi connectivity index (χ4v) is 3.57. The van der Waals surface area contributed by atoms with Crippen molar-refractivity contribution < 1.29 is 21.6 Å². The summed E-state index contributed by atoms with van der Waals surface area (Å²) in [5, 5.41) is 3.00. The van der Waals surface area contributed by atoms with Crippen molar-refractivity contribution >= 4 is 22.4 Å². The second-order valence-corrected chi connectivity index (χ2v) is 6.57. The zero-order valence-corrected chi connectivity index (χ0v) is 12.9. The number of benzene rings is 1. The summed E-state index contributed by atoms with van der Waals surface area (Å²) in [6.07, 6.45) is -4.56. The first-order valence-corrected chi connectivity index (χ1v) is 7.55. The van der Waals surface area contributed by atoms with E-state index >= 15 is 0 Å². The number of halogens is 4. The van der Waals surface area contributed by atoms with Crippen LogP contribution in [0.1, 0.15) is 11.1 Å². The maximum atomic E-state index is 12.8. The molecule has 1 N–H and O–H groups in total. The molecule has 0 unspecified atom stereocenters. The van der Waals surface area contributed by atoms with E-state index in [-0.39, 0.29) is 36.0 Å². The molecule has 1 saturated heterocycles. The second-order valence-electron chi connectivity index (χ2n) is 4.63. The molecule has 2 rings (SSSR count). The average molecular weight is 345 g/mol. The highest BCUT2D eigenvalue weighted by Crippen LogP contribution is 2.33. The number of rotatable bonds is 2. The maximum absolute atomic E-state index is 12.8. The van der Waals surface area contributed by atoms with Crippen LogP contribution in [0.25, 0.3) is 0 Å². The van der Waals surface area contributed by atoms with E-state index in [0.717, 1.165) is 0 Å². The van der Waals surface area contributed by atoms with Crippen LogP contribution in [0.5, 0.6) is 0 Å². The van der Waals surface area contributed by atoms with Gasteiger partial charge < -0.3 is 5.32 Å². The van der Waals surface area contributed by atoms with Gasteiger partial charge in [0.2, 0.25) is 10.0 Å². The number of piperazine rings is 1. The molecule has 0 aromatic heterocycles. The van der Waals surface area contributed by atoms with Gasteiger partial charge in [0.05, 0.1) is 10.5 Å². The van der Waals surface area contributed by atoms with Crippen LogP contribution in [0.4, 0.5) is 13.2 Å². The Bertz CT molecular complexity index is 599. The summed E-state index contributed by atoms with van der Waals surface area (Å²) >= 11 is 0. The molecule has 120 valence electrons. The summed E-state index contributed by atoms with van der Waals surface area (Å²) in [7, 11) is -3.87. The number of hydrogen-bond donors (Lipinski definition) is 1. The van der Waals surface area contributed by atoms with Crippen LogP contribution in [0.2, 0.25) is 0 Å². The second kappa shape index (κ2) is 6.51. The largest absolute Gasteiger partial charge is 0.416 e. The van der Waals surface area contributed by atoms with E-state index in [4.69, 9.17) is 0 Å². The SMILES string of the molecule is Cc1ccc(S(=O)(=O)N2CCNCC2)cc1C(F)(F)F.Cl. The quantitative estimate of drug-likeness (QED) is 0.893. The average Bonchev–Trinajstić information content (AvgIpc) is 2.38. The topological polar surface area (TPSA) is 49.4 Å². The molecule has 1 aromatic rings. The molecule has 0 radical (unpaired) electrons. The molecule has 0 saturated carbocycles. The predicted molar refractivity (Wildman–Crippen MR) is 75.1 cm³/mol. The van der Waals surface area contributed by atoms with Gasteiger partial charge in [-0.3, -0.25) is 0 Å². The lowest BCUT2D eigenvalue weighted by molar-refractivity contribution is -0.138. The summed E-state index contributed by atoms with van der Waals surface area (Å²) in [6.45, 7) is 2.83. The van der Waals surface area contributed by atoms with Crippen LogP contribution in [0.3, 0.4) is 0 Å². The van der Waals surface area contributed by atoms with E-state index in [2.05, 4.69) is 5.32 Å². The monoisotopic (exact) mass is 344 g/mol. The van der Waals surface area contributed by atoms with Crippen LogP contribution in [0.15, 0.2) is 23.1 Å². The van der Waals surface area contributed by atoms with Crippen LogP contribution >= 0.6 is 12.4 Å². The van der Waals surface area contributed by atoms with Gasteiger partial charge in [-0.25, -0.2) is 8.42 Å². The van der Waals surface area contributed by atoms with Crippen LogP contribution in [0, 0.1) is 6.92 Å². The lowest BCUT2D eigenvalue weighted by atomic mass is 10.1. The van der Waals surface area contributed by atoms with Crippen molar-refractivity contribution in [1.29, 1.82) is 0 Å². The smallest absolute Gasteiger partial charge is 0.314 e. The minimum Gasteiger partial charge on any atom is -0.314 e. The molecule has 1 fully saturated rings. The van der Waals surface area contributed by atoms with Gasteiger partial charge in [-0.1, -0.05) is 6.07 Å². The molecule has 1 aliphatic heterocycles. The van der Waals surface area contributed by atoms with Crippen LogP contribution < -0.4 is 5.32 Å². The summed E-state index contributed by atoms with van der Waals surface area (Å²) in [5.41, 5.74) is -0.898. The Balaban J connectivity index is 0.00000220. The standard InChI is InChI=1S/C12H15F3N2O2S.ClH/c1-9-2-3-10(8-11(9)12(13,14)15)20(18,19)17-6-4-16-5-7-17;/h2-3,8,16H,4-7H2,1H3;1H. The van der Waals surface area contributed by atoms with E-state index < -0.39 is 21.8 Å². The number of aryl methyl sites for hydroxylation is 1. The van der Waals surface area contributed by atoms with Crippen molar-refractivity contribution in [2.24, 2.45) is 0 Å². The Hall–Kier alpha value is -0.830. The Labute approximate surface area is 127 Å². The van der Waals surface area contributed by atoms with Crippen LogP contribution in [-0.2, 0) is 16.2 Å². The van der Waals surface area contributed by atoms with E-state index in [1.165, 1.54) is 23.4 Å². The van der Waals surface area contributed by atoms with Crippen molar-refractivity contribution in [2.75, 3.05) is 26.2 Å². The van der Waals surface area contributed by atoms with Crippen molar-refractivity contribution in [1.82, 2.24) is 9.62 Å². The third kappa shape index (κ3) is 3.88. The summed E-state index contributed by atoms with van der Waals surface area (Å²) in [6, 6.07) is 3.13. The lowest BCUT2D eigenvalue weighted by Crippen LogP contribution is -2.46. The Morgan fingerprint density at radius 1 is 1.19 bits per heavy atom. The molecule has 1 aliphatic rings. The molecule has 0 atom stereocenters. The van der Waals surface area contributed by atoms with Crippen molar-refractivity contribution in [3.63, 3.8) is 0 Å². The van der Waals surface area contributed by atoms with Gasteiger partial charge in [-0.2, -0.15) is 17.5 Å². The predicted octanol–water partition coefficient (Wildman–Crippen LogP) is 2.03. The Morgan fingerprint density at radius 3 is 2.29 bits per heavy atom. The Kier molecular flexibility index (Phi) is 5.65. The number of alkyl halides is 3. The van der Waals surface area contributed by atoms with Crippen LogP contribution in [-0.4, -0.2) is 38.9 Å². The van der Waals surface area contributed by atoms with Crippen molar-refractivity contribution in [3.05, 3.63) is 29.3 Å². The highest BCUT2D eigenvalue weighted by atomic mass is 35.5. The molecule has 9 heteroatoms. The fraction of sp³-hybridized carbons (Fsp3) is 0.500. The van der Waals surface area contributed by atoms with Gasteiger partial charge in [-0.05, 0) is 24.6 Å². The molecule has 0 spiro atoms. The van der Waals surface area contributed by atoms with Gasteiger partial charge in [0.1, 0.15) is 0 Å². The van der Waals surface area contributed by atoms with E-state index in [9.17, 15) is 21.6 Å². The highest BCUT2D eigenvalue weighted by Gasteiger charge is 2.34. The highest BCUT2D eigenvalue weighted by molar-refractivity contribution is 7.89. The number of sulfonamides is 1. The fourth-order valence-electron chi connectivity index (χ4n) is 2.10. The zero-order chi connectivity index (χ0) is 15.0. The molecule has 1 aromatic carbocycles. The molecule has 1 heterocycles. The zero-order valence-electron chi connectivity index (χ0n) is 11.3. The summed E-state index contributed by atoms with van der Waals surface area (Å²) < 4.78 is 64.3. The van der Waals surface area contributed by atoms with E-state index in [0.29, 0.717) is 19.2 Å². The number of nitrogens with zero attached hydrogens (tertiary/aromatic N) is 1. The van der Waals surface area contributed by atoms with Gasteiger partial charge in [0.25, 0.3) is 0 Å². The molecular weight excluding hydrogens is 329 g/mol. The van der Waals surface area contributed by atoms with E-state index in [1.807, 2.05) is 0 Å². The van der Waals surface area contributed by atoms with Gasteiger partial charge >= 0.3 is 6.18 Å². The Morgan fingerprint density at radius 2 is 1.76 bits per heavy atom. The molecule has 0 aliphatic carbocycles. The van der Waals surface area contributed by atoms with Gasteiger partial charge in [0, 0.05) is 26.2 Å². The maximum Gasteiger partial charge on any atom is 0.416 e. The number of hydrogen-bond acceptors (Lipinski definition) is 3. The van der Waals surface area contributed by atoms with Crippen molar-refractivity contribution in [3.8, 4) is 0 Å². The van der Waals surface area contributed by atoms with E-state index in [1.54, 1.807) is 0 Å². The number of nitrogens with one attached hydrogen (secondary N) is 1. The van der Waals surface area contributed by atoms with Crippen molar-refractivity contribution in [2.45, 2.75) is 18.0 Å². The van der Waals surface area contributed by atoms with Gasteiger partial charge in [-0.15, -0.1) is 12.4 Å². The third-order valence-electron chi connectivity index (χ3n) is 3.23. The molecule has 21 heavy (non-hydrogen) atoms.